The Balaban J connectivity index is 1.69. The van der Waals surface area contributed by atoms with Crippen molar-refractivity contribution in [3.63, 3.8) is 0 Å². The number of nitrogens with zero attached hydrogens (tertiary/aromatic N) is 2. The molecule has 3 rings (SSSR count). The number of hydrogen-bond donors (Lipinski definition) is 1. The van der Waals surface area contributed by atoms with Crippen LogP contribution in [0.5, 0.6) is 0 Å². The zero-order valence-corrected chi connectivity index (χ0v) is 15.0. The molecule has 0 aliphatic rings. The fourth-order valence-corrected chi connectivity index (χ4v) is 2.89. The molecule has 0 spiro atoms. The Morgan fingerprint density at radius 2 is 1.91 bits per heavy atom. The second-order valence-electron chi connectivity index (χ2n) is 4.99. The maximum absolute atomic E-state index is 12.3. The van der Waals surface area contributed by atoms with Crippen LogP contribution in [-0.4, -0.2) is 15.7 Å². The SMILES string of the molecule is O=C(Nc1cnn(Cc2ccc(Cl)cc2)c1)c1ccccc1I. The first kappa shape index (κ1) is 16.0. The van der Waals surface area contributed by atoms with Crippen molar-refractivity contribution in [3.05, 3.63) is 80.6 Å². The zero-order valence-electron chi connectivity index (χ0n) is 12.0. The van der Waals surface area contributed by atoms with Crippen LogP contribution < -0.4 is 5.32 Å². The van der Waals surface area contributed by atoms with E-state index in [2.05, 4.69) is 33.0 Å². The van der Waals surface area contributed by atoms with E-state index in [9.17, 15) is 4.79 Å². The smallest absolute Gasteiger partial charge is 0.256 e. The fourth-order valence-electron chi connectivity index (χ4n) is 2.14. The minimum Gasteiger partial charge on any atom is -0.319 e. The third-order valence-electron chi connectivity index (χ3n) is 3.27. The third kappa shape index (κ3) is 4.11. The van der Waals surface area contributed by atoms with Crippen LogP contribution in [0.15, 0.2) is 60.9 Å². The highest BCUT2D eigenvalue weighted by atomic mass is 127. The van der Waals surface area contributed by atoms with Crippen LogP contribution in [-0.2, 0) is 6.54 Å². The number of rotatable bonds is 4. The van der Waals surface area contributed by atoms with Gasteiger partial charge in [-0.15, -0.1) is 0 Å². The Labute approximate surface area is 152 Å². The van der Waals surface area contributed by atoms with E-state index in [4.69, 9.17) is 11.6 Å². The second-order valence-corrected chi connectivity index (χ2v) is 6.59. The van der Waals surface area contributed by atoms with Gasteiger partial charge in [-0.25, -0.2) is 0 Å². The lowest BCUT2D eigenvalue weighted by atomic mass is 10.2. The van der Waals surface area contributed by atoms with Crippen LogP contribution in [0.1, 0.15) is 15.9 Å². The van der Waals surface area contributed by atoms with Gasteiger partial charge in [0.25, 0.3) is 5.91 Å². The van der Waals surface area contributed by atoms with Crippen molar-refractivity contribution in [2.45, 2.75) is 6.54 Å². The van der Waals surface area contributed by atoms with E-state index in [0.29, 0.717) is 22.8 Å². The van der Waals surface area contributed by atoms with Gasteiger partial charge in [-0.05, 0) is 52.4 Å². The first-order chi connectivity index (χ1) is 11.1. The number of carbonyl (C=O) groups excluding carboxylic acids is 1. The minimum absolute atomic E-state index is 0.138. The molecule has 1 heterocycles. The number of benzene rings is 2. The van der Waals surface area contributed by atoms with Crippen molar-refractivity contribution < 1.29 is 4.79 Å². The minimum atomic E-state index is -0.138. The summed E-state index contributed by atoms with van der Waals surface area (Å²) in [6, 6.07) is 15.1. The lowest BCUT2D eigenvalue weighted by Crippen LogP contribution is -2.12. The number of nitrogens with one attached hydrogen (secondary N) is 1. The number of halogens is 2. The Morgan fingerprint density at radius 1 is 1.17 bits per heavy atom. The summed E-state index contributed by atoms with van der Waals surface area (Å²) in [5.41, 5.74) is 2.41. The van der Waals surface area contributed by atoms with Gasteiger partial charge in [0.1, 0.15) is 0 Å². The molecule has 0 aliphatic carbocycles. The van der Waals surface area contributed by atoms with Crippen LogP contribution >= 0.6 is 34.2 Å². The lowest BCUT2D eigenvalue weighted by molar-refractivity contribution is 0.102. The summed E-state index contributed by atoms with van der Waals surface area (Å²) < 4.78 is 2.69. The largest absolute Gasteiger partial charge is 0.319 e. The van der Waals surface area contributed by atoms with E-state index in [0.717, 1.165) is 9.13 Å². The molecule has 0 saturated carbocycles. The summed E-state index contributed by atoms with van der Waals surface area (Å²) in [4.78, 5) is 12.3. The van der Waals surface area contributed by atoms with Gasteiger partial charge in [-0.2, -0.15) is 5.10 Å². The van der Waals surface area contributed by atoms with Gasteiger partial charge in [0.2, 0.25) is 0 Å². The molecule has 0 atom stereocenters. The normalized spacial score (nSPS) is 10.5. The van der Waals surface area contributed by atoms with Crippen molar-refractivity contribution in [1.29, 1.82) is 0 Å². The average Bonchev–Trinajstić information content (AvgIpc) is 2.97. The molecule has 0 fully saturated rings. The Kier molecular flexibility index (Phi) is 4.97. The summed E-state index contributed by atoms with van der Waals surface area (Å²) >= 11 is 8.03. The van der Waals surface area contributed by atoms with Crippen molar-refractivity contribution in [3.8, 4) is 0 Å². The highest BCUT2D eigenvalue weighted by Crippen LogP contribution is 2.15. The summed E-state index contributed by atoms with van der Waals surface area (Å²) in [5, 5.41) is 7.84. The topological polar surface area (TPSA) is 46.9 Å². The quantitative estimate of drug-likeness (QED) is 0.613. The molecular weight excluding hydrogens is 425 g/mol. The first-order valence-electron chi connectivity index (χ1n) is 6.94. The number of aromatic nitrogens is 2. The second kappa shape index (κ2) is 7.14. The van der Waals surface area contributed by atoms with Gasteiger partial charge in [0, 0.05) is 14.8 Å². The maximum atomic E-state index is 12.3. The molecule has 2 aromatic carbocycles. The van der Waals surface area contributed by atoms with Crippen LogP contribution in [0.4, 0.5) is 5.69 Å². The highest BCUT2D eigenvalue weighted by molar-refractivity contribution is 14.1. The van der Waals surface area contributed by atoms with Crippen LogP contribution in [0.3, 0.4) is 0 Å². The van der Waals surface area contributed by atoms with Crippen LogP contribution in [0, 0.1) is 3.57 Å². The van der Waals surface area contributed by atoms with Crippen molar-refractivity contribution in [2.24, 2.45) is 0 Å². The molecule has 1 aromatic heterocycles. The first-order valence-corrected chi connectivity index (χ1v) is 8.40. The molecule has 3 aromatic rings. The number of amides is 1. The molecule has 4 nitrogen and oxygen atoms in total. The average molecular weight is 438 g/mol. The Hall–Kier alpha value is -1.86. The summed E-state index contributed by atoms with van der Waals surface area (Å²) in [6.07, 6.45) is 3.45. The molecule has 1 N–H and O–H groups in total. The van der Waals surface area contributed by atoms with E-state index in [1.54, 1.807) is 16.9 Å². The Morgan fingerprint density at radius 3 is 2.65 bits per heavy atom. The monoisotopic (exact) mass is 437 g/mol. The van der Waals surface area contributed by atoms with Crippen molar-refractivity contribution >= 4 is 45.8 Å². The van der Waals surface area contributed by atoms with Gasteiger partial charge in [0.15, 0.2) is 0 Å². The van der Waals surface area contributed by atoms with Gasteiger partial charge >= 0.3 is 0 Å². The summed E-state index contributed by atoms with van der Waals surface area (Å²) in [6.45, 7) is 0.621. The molecule has 116 valence electrons. The predicted molar refractivity (Wildman–Crippen MR) is 99.9 cm³/mol. The number of carbonyl (C=O) groups is 1. The molecule has 0 bridgehead atoms. The Bertz CT molecular complexity index is 830. The van der Waals surface area contributed by atoms with Crippen molar-refractivity contribution in [1.82, 2.24) is 9.78 Å². The summed E-state index contributed by atoms with van der Waals surface area (Å²) in [7, 11) is 0. The summed E-state index contributed by atoms with van der Waals surface area (Å²) in [5.74, 6) is -0.138. The van der Waals surface area contributed by atoms with E-state index >= 15 is 0 Å². The predicted octanol–water partition coefficient (Wildman–Crippen LogP) is 4.44. The van der Waals surface area contributed by atoms with Crippen LogP contribution in [0.2, 0.25) is 5.02 Å². The third-order valence-corrected chi connectivity index (χ3v) is 4.46. The molecule has 0 saturated heterocycles. The molecule has 0 unspecified atom stereocenters. The molecule has 0 aliphatic heterocycles. The maximum Gasteiger partial charge on any atom is 0.256 e. The molecule has 0 radical (unpaired) electrons. The highest BCUT2D eigenvalue weighted by Gasteiger charge is 2.10. The van der Waals surface area contributed by atoms with E-state index in [1.165, 1.54) is 0 Å². The lowest BCUT2D eigenvalue weighted by Gasteiger charge is -2.04. The fraction of sp³-hybridized carbons (Fsp3) is 0.0588. The zero-order chi connectivity index (χ0) is 16.2. The number of anilines is 1. The van der Waals surface area contributed by atoms with Gasteiger partial charge in [-0.3, -0.25) is 9.48 Å². The van der Waals surface area contributed by atoms with E-state index < -0.39 is 0 Å². The van der Waals surface area contributed by atoms with Crippen molar-refractivity contribution in [2.75, 3.05) is 5.32 Å². The number of hydrogen-bond acceptors (Lipinski definition) is 2. The van der Waals surface area contributed by atoms with Gasteiger partial charge in [0.05, 0.1) is 24.0 Å². The van der Waals surface area contributed by atoms with E-state index in [-0.39, 0.29) is 5.91 Å². The molecule has 6 heteroatoms. The molecule has 1 amide bonds. The van der Waals surface area contributed by atoms with Gasteiger partial charge < -0.3 is 5.32 Å². The van der Waals surface area contributed by atoms with Crippen LogP contribution in [0.25, 0.3) is 0 Å². The standard InChI is InChI=1S/C17H13ClIN3O/c18-13-7-5-12(6-8-13)10-22-11-14(9-20-22)21-17(23)15-3-1-2-4-16(15)19/h1-9,11H,10H2,(H,21,23). The molecular formula is C17H13ClIN3O. The van der Waals surface area contributed by atoms with E-state index in [1.807, 2.05) is 48.7 Å². The van der Waals surface area contributed by atoms with Gasteiger partial charge in [-0.1, -0.05) is 35.9 Å². The molecule has 23 heavy (non-hydrogen) atoms.